The van der Waals surface area contributed by atoms with Gasteiger partial charge in [0.2, 0.25) is 10.0 Å². The number of aliphatic carboxylic acids is 1. The standard InChI is InChI=1S/C13H19NO5S/c1-4-19-10-5-7-11(8-6-10)20(17,18)14-13(2,3)9-12(15)16/h5-8,14H,4,9H2,1-3H3,(H,15,16). The van der Waals surface area contributed by atoms with Crippen LogP contribution >= 0.6 is 0 Å². The molecule has 0 spiro atoms. The van der Waals surface area contributed by atoms with Crippen LogP contribution in [0, 0.1) is 0 Å². The van der Waals surface area contributed by atoms with E-state index < -0.39 is 21.5 Å². The Kier molecular flexibility index (Phi) is 5.13. The topological polar surface area (TPSA) is 92.7 Å². The van der Waals surface area contributed by atoms with Gasteiger partial charge in [-0.1, -0.05) is 0 Å². The SMILES string of the molecule is CCOc1ccc(S(=O)(=O)NC(C)(C)CC(=O)O)cc1. The van der Waals surface area contributed by atoms with Crippen LogP contribution < -0.4 is 9.46 Å². The number of hydrogen-bond donors (Lipinski definition) is 2. The summed E-state index contributed by atoms with van der Waals surface area (Å²) < 4.78 is 31.9. The summed E-state index contributed by atoms with van der Waals surface area (Å²) in [5.74, 6) is -0.486. The molecule has 1 rings (SSSR count). The zero-order chi connectivity index (χ0) is 15.4. The zero-order valence-electron chi connectivity index (χ0n) is 11.7. The molecule has 0 saturated heterocycles. The van der Waals surface area contributed by atoms with Gasteiger partial charge in [-0.25, -0.2) is 13.1 Å². The Hall–Kier alpha value is -1.60. The molecule has 0 aliphatic rings. The van der Waals surface area contributed by atoms with Crippen molar-refractivity contribution in [1.82, 2.24) is 4.72 Å². The molecule has 0 unspecified atom stereocenters. The maximum Gasteiger partial charge on any atom is 0.305 e. The van der Waals surface area contributed by atoms with Gasteiger partial charge in [0.05, 0.1) is 17.9 Å². The third-order valence-electron chi connectivity index (χ3n) is 2.45. The maximum atomic E-state index is 12.2. The summed E-state index contributed by atoms with van der Waals surface area (Å²) in [6.45, 7) is 5.37. The Balaban J connectivity index is 2.90. The third-order valence-corrected chi connectivity index (χ3v) is 4.16. The summed E-state index contributed by atoms with van der Waals surface area (Å²) in [5, 5.41) is 8.76. The molecule has 0 aromatic heterocycles. The molecule has 0 fully saturated rings. The number of benzene rings is 1. The normalized spacial score (nSPS) is 12.2. The van der Waals surface area contributed by atoms with Crippen molar-refractivity contribution in [3.63, 3.8) is 0 Å². The van der Waals surface area contributed by atoms with E-state index in [0.717, 1.165) is 0 Å². The Morgan fingerprint density at radius 2 is 1.85 bits per heavy atom. The predicted octanol–water partition coefficient (Wildman–Crippen LogP) is 1.62. The molecule has 0 aliphatic carbocycles. The molecule has 0 bridgehead atoms. The van der Waals surface area contributed by atoms with Gasteiger partial charge in [0.25, 0.3) is 0 Å². The predicted molar refractivity (Wildman–Crippen MR) is 74.3 cm³/mol. The van der Waals surface area contributed by atoms with Crippen molar-refractivity contribution in [2.75, 3.05) is 6.61 Å². The molecule has 0 atom stereocenters. The Bertz CT molecular complexity index is 563. The summed E-state index contributed by atoms with van der Waals surface area (Å²) in [7, 11) is -3.76. The van der Waals surface area contributed by atoms with Crippen LogP contribution in [-0.2, 0) is 14.8 Å². The monoisotopic (exact) mass is 301 g/mol. The molecule has 0 radical (unpaired) electrons. The number of carbonyl (C=O) groups is 1. The Morgan fingerprint density at radius 3 is 2.30 bits per heavy atom. The number of sulfonamides is 1. The first-order chi connectivity index (χ1) is 9.16. The lowest BCUT2D eigenvalue weighted by Crippen LogP contribution is -2.44. The van der Waals surface area contributed by atoms with E-state index in [1.54, 1.807) is 12.1 Å². The van der Waals surface area contributed by atoms with Crippen molar-refractivity contribution in [2.45, 2.75) is 37.6 Å². The Morgan fingerprint density at radius 1 is 1.30 bits per heavy atom. The fourth-order valence-corrected chi connectivity index (χ4v) is 3.13. The van der Waals surface area contributed by atoms with Crippen molar-refractivity contribution in [3.8, 4) is 5.75 Å². The first-order valence-corrected chi connectivity index (χ1v) is 7.63. The lowest BCUT2D eigenvalue weighted by Gasteiger charge is -2.23. The summed E-state index contributed by atoms with van der Waals surface area (Å²) in [5.41, 5.74) is -1.07. The van der Waals surface area contributed by atoms with Crippen LogP contribution in [-0.4, -0.2) is 31.6 Å². The van der Waals surface area contributed by atoms with Gasteiger partial charge in [-0.3, -0.25) is 4.79 Å². The minimum atomic E-state index is -3.76. The molecule has 112 valence electrons. The van der Waals surface area contributed by atoms with Gasteiger partial charge in [0.15, 0.2) is 0 Å². The highest BCUT2D eigenvalue weighted by molar-refractivity contribution is 7.89. The average Bonchev–Trinajstić information content (AvgIpc) is 2.26. The van der Waals surface area contributed by atoms with E-state index in [1.807, 2.05) is 6.92 Å². The van der Waals surface area contributed by atoms with E-state index in [0.29, 0.717) is 12.4 Å². The number of carboxylic acid groups (broad SMARTS) is 1. The number of ether oxygens (including phenoxy) is 1. The average molecular weight is 301 g/mol. The van der Waals surface area contributed by atoms with Gasteiger partial charge in [-0.05, 0) is 45.0 Å². The second kappa shape index (κ2) is 6.23. The van der Waals surface area contributed by atoms with Crippen molar-refractivity contribution >= 4 is 16.0 Å². The highest BCUT2D eigenvalue weighted by Gasteiger charge is 2.28. The fraction of sp³-hybridized carbons (Fsp3) is 0.462. The highest BCUT2D eigenvalue weighted by Crippen LogP contribution is 2.19. The van der Waals surface area contributed by atoms with E-state index in [9.17, 15) is 13.2 Å². The molecule has 6 nitrogen and oxygen atoms in total. The number of carboxylic acids is 1. The lowest BCUT2D eigenvalue weighted by atomic mass is 10.0. The van der Waals surface area contributed by atoms with Crippen molar-refractivity contribution in [1.29, 1.82) is 0 Å². The van der Waals surface area contributed by atoms with Crippen LogP contribution in [0.5, 0.6) is 5.75 Å². The first-order valence-electron chi connectivity index (χ1n) is 6.15. The molecule has 0 heterocycles. The molecule has 20 heavy (non-hydrogen) atoms. The second-order valence-electron chi connectivity index (χ2n) is 4.96. The summed E-state index contributed by atoms with van der Waals surface area (Å²) in [6, 6.07) is 5.96. The molecule has 1 aromatic rings. The molecule has 7 heteroatoms. The van der Waals surface area contributed by atoms with Crippen molar-refractivity contribution in [3.05, 3.63) is 24.3 Å². The largest absolute Gasteiger partial charge is 0.494 e. The van der Waals surface area contributed by atoms with E-state index >= 15 is 0 Å². The number of nitrogens with one attached hydrogen (secondary N) is 1. The zero-order valence-corrected chi connectivity index (χ0v) is 12.5. The van der Waals surface area contributed by atoms with E-state index in [1.165, 1.54) is 26.0 Å². The van der Waals surface area contributed by atoms with Gasteiger partial charge in [-0.2, -0.15) is 0 Å². The minimum absolute atomic E-state index is 0.0689. The van der Waals surface area contributed by atoms with Gasteiger partial charge in [0, 0.05) is 5.54 Å². The van der Waals surface area contributed by atoms with Crippen LogP contribution in [0.4, 0.5) is 0 Å². The molecular weight excluding hydrogens is 282 g/mol. The van der Waals surface area contributed by atoms with Crippen molar-refractivity contribution < 1.29 is 23.1 Å². The van der Waals surface area contributed by atoms with Crippen LogP contribution in [0.2, 0.25) is 0 Å². The van der Waals surface area contributed by atoms with E-state index in [-0.39, 0.29) is 11.3 Å². The van der Waals surface area contributed by atoms with E-state index in [4.69, 9.17) is 9.84 Å². The van der Waals surface area contributed by atoms with E-state index in [2.05, 4.69) is 4.72 Å². The molecule has 0 amide bonds. The van der Waals surface area contributed by atoms with Crippen molar-refractivity contribution in [2.24, 2.45) is 0 Å². The highest BCUT2D eigenvalue weighted by atomic mass is 32.2. The number of hydrogen-bond acceptors (Lipinski definition) is 4. The van der Waals surface area contributed by atoms with Gasteiger partial charge in [-0.15, -0.1) is 0 Å². The number of rotatable bonds is 7. The molecule has 0 aliphatic heterocycles. The van der Waals surface area contributed by atoms with Gasteiger partial charge >= 0.3 is 5.97 Å². The minimum Gasteiger partial charge on any atom is -0.494 e. The summed E-state index contributed by atoms with van der Waals surface area (Å²) in [4.78, 5) is 10.8. The molecular formula is C13H19NO5S. The molecule has 1 aromatic carbocycles. The van der Waals surface area contributed by atoms with Crippen LogP contribution in [0.3, 0.4) is 0 Å². The first kappa shape index (κ1) is 16.5. The van der Waals surface area contributed by atoms with Gasteiger partial charge in [0.1, 0.15) is 5.75 Å². The van der Waals surface area contributed by atoms with Crippen LogP contribution in [0.15, 0.2) is 29.2 Å². The quantitative estimate of drug-likeness (QED) is 0.798. The third kappa shape index (κ3) is 4.82. The lowest BCUT2D eigenvalue weighted by molar-refractivity contribution is -0.138. The Labute approximate surface area is 118 Å². The maximum absolute atomic E-state index is 12.2. The van der Waals surface area contributed by atoms with Gasteiger partial charge < -0.3 is 9.84 Å². The smallest absolute Gasteiger partial charge is 0.305 e. The molecule has 0 saturated carbocycles. The van der Waals surface area contributed by atoms with Crippen LogP contribution in [0.25, 0.3) is 0 Å². The van der Waals surface area contributed by atoms with Crippen LogP contribution in [0.1, 0.15) is 27.2 Å². The molecule has 2 N–H and O–H groups in total. The second-order valence-corrected chi connectivity index (χ2v) is 6.65. The fourth-order valence-electron chi connectivity index (χ4n) is 1.72. The summed E-state index contributed by atoms with van der Waals surface area (Å²) in [6.07, 6.45) is -0.302. The summed E-state index contributed by atoms with van der Waals surface area (Å²) >= 11 is 0.